The van der Waals surface area contributed by atoms with Crippen molar-refractivity contribution in [2.75, 3.05) is 11.1 Å². The number of amides is 1. The second-order valence-electron chi connectivity index (χ2n) is 6.78. The minimum Gasteiger partial charge on any atom is -0.325 e. The molecule has 0 spiro atoms. The highest BCUT2D eigenvalue weighted by atomic mass is 32.2. The number of nitrogens with one attached hydrogen (secondary N) is 2. The first-order valence-electron chi connectivity index (χ1n) is 9.07. The Morgan fingerprint density at radius 3 is 2.59 bits per heavy atom. The van der Waals surface area contributed by atoms with Gasteiger partial charge >= 0.3 is 0 Å². The van der Waals surface area contributed by atoms with Gasteiger partial charge < -0.3 is 10.3 Å². The normalized spacial score (nSPS) is 11.0. The molecule has 0 aliphatic carbocycles. The summed E-state index contributed by atoms with van der Waals surface area (Å²) in [6, 6.07) is 15.7. The SMILES string of the molecule is Cc1cc(C)cc(NC(=O)CSc2nc3scc(-c4ccccc4)c3c(=O)[nH]2)c1. The third-order valence-electron chi connectivity index (χ3n) is 4.35. The molecule has 0 fully saturated rings. The zero-order valence-electron chi connectivity index (χ0n) is 16.0. The molecule has 0 saturated carbocycles. The Morgan fingerprint density at radius 1 is 1.14 bits per heavy atom. The third-order valence-corrected chi connectivity index (χ3v) is 6.10. The van der Waals surface area contributed by atoms with Crippen LogP contribution in [-0.2, 0) is 4.79 Å². The van der Waals surface area contributed by atoms with E-state index in [2.05, 4.69) is 21.4 Å². The van der Waals surface area contributed by atoms with E-state index in [9.17, 15) is 9.59 Å². The van der Waals surface area contributed by atoms with Crippen LogP contribution in [0.2, 0.25) is 0 Å². The molecule has 2 N–H and O–H groups in total. The van der Waals surface area contributed by atoms with Crippen molar-refractivity contribution in [3.05, 3.63) is 75.4 Å². The molecule has 7 heteroatoms. The van der Waals surface area contributed by atoms with E-state index >= 15 is 0 Å². The van der Waals surface area contributed by atoms with Crippen LogP contribution in [0.15, 0.2) is 63.9 Å². The van der Waals surface area contributed by atoms with Gasteiger partial charge in [0, 0.05) is 16.6 Å². The van der Waals surface area contributed by atoms with Gasteiger partial charge in [-0.25, -0.2) is 4.98 Å². The molecule has 4 rings (SSSR count). The van der Waals surface area contributed by atoms with Gasteiger partial charge in [-0.05, 0) is 42.7 Å². The van der Waals surface area contributed by atoms with E-state index in [4.69, 9.17) is 0 Å². The Kier molecular flexibility index (Phi) is 5.51. The topological polar surface area (TPSA) is 74.8 Å². The highest BCUT2D eigenvalue weighted by molar-refractivity contribution is 7.99. The number of aryl methyl sites for hydroxylation is 2. The van der Waals surface area contributed by atoms with Gasteiger partial charge in [0.15, 0.2) is 5.16 Å². The van der Waals surface area contributed by atoms with Crippen LogP contribution in [0.4, 0.5) is 5.69 Å². The van der Waals surface area contributed by atoms with Gasteiger partial charge in [0.2, 0.25) is 5.91 Å². The number of rotatable bonds is 5. The lowest BCUT2D eigenvalue weighted by Gasteiger charge is -2.07. The summed E-state index contributed by atoms with van der Waals surface area (Å²) in [4.78, 5) is 33.0. The molecule has 0 aliphatic heterocycles. The Balaban J connectivity index is 1.50. The number of hydrogen-bond acceptors (Lipinski definition) is 5. The molecule has 2 heterocycles. The molecule has 0 saturated heterocycles. The van der Waals surface area contributed by atoms with E-state index in [0.29, 0.717) is 15.4 Å². The zero-order chi connectivity index (χ0) is 20.4. The quantitative estimate of drug-likeness (QED) is 0.351. The maximum absolute atomic E-state index is 12.7. The number of H-pyrrole nitrogens is 1. The van der Waals surface area contributed by atoms with Gasteiger partial charge in [-0.2, -0.15) is 0 Å². The van der Waals surface area contributed by atoms with Crippen molar-refractivity contribution in [1.29, 1.82) is 0 Å². The van der Waals surface area contributed by atoms with Gasteiger partial charge in [0.05, 0.1) is 11.1 Å². The summed E-state index contributed by atoms with van der Waals surface area (Å²) in [7, 11) is 0. The average Bonchev–Trinajstić information content (AvgIpc) is 3.11. The van der Waals surface area contributed by atoms with Gasteiger partial charge in [-0.3, -0.25) is 9.59 Å². The molecule has 1 amide bonds. The number of thiophene rings is 1. The summed E-state index contributed by atoms with van der Waals surface area (Å²) >= 11 is 2.65. The fourth-order valence-corrected chi connectivity index (χ4v) is 4.87. The van der Waals surface area contributed by atoms with E-state index in [1.807, 2.05) is 61.7 Å². The van der Waals surface area contributed by atoms with Crippen molar-refractivity contribution in [3.63, 3.8) is 0 Å². The Hall–Kier alpha value is -2.90. The predicted octanol–water partition coefficient (Wildman–Crippen LogP) is 5.00. The second kappa shape index (κ2) is 8.23. The minimum atomic E-state index is -0.188. The van der Waals surface area contributed by atoms with Crippen LogP contribution >= 0.6 is 23.1 Å². The first-order chi connectivity index (χ1) is 14.0. The number of carbonyl (C=O) groups is 1. The lowest BCUT2D eigenvalue weighted by Crippen LogP contribution is -2.15. The maximum atomic E-state index is 12.7. The van der Waals surface area contributed by atoms with Crippen molar-refractivity contribution in [2.24, 2.45) is 0 Å². The number of benzene rings is 2. The monoisotopic (exact) mass is 421 g/mol. The molecule has 2 aromatic carbocycles. The molecule has 4 aromatic rings. The van der Waals surface area contributed by atoms with Gasteiger partial charge in [0.1, 0.15) is 4.83 Å². The number of hydrogen-bond donors (Lipinski definition) is 2. The molecule has 29 heavy (non-hydrogen) atoms. The Labute approximate surface area is 176 Å². The number of thioether (sulfide) groups is 1. The highest BCUT2D eigenvalue weighted by Gasteiger charge is 2.14. The minimum absolute atomic E-state index is 0.140. The third kappa shape index (κ3) is 4.41. The van der Waals surface area contributed by atoms with E-state index in [1.54, 1.807) is 0 Å². The zero-order valence-corrected chi connectivity index (χ0v) is 17.6. The summed E-state index contributed by atoms with van der Waals surface area (Å²) in [5.41, 5.74) is 4.64. The fourth-order valence-electron chi connectivity index (χ4n) is 3.21. The van der Waals surface area contributed by atoms with Crippen molar-refractivity contribution in [3.8, 4) is 11.1 Å². The molecule has 0 radical (unpaired) electrons. The second-order valence-corrected chi connectivity index (χ2v) is 8.60. The van der Waals surface area contributed by atoms with Crippen molar-refractivity contribution in [1.82, 2.24) is 9.97 Å². The van der Waals surface area contributed by atoms with Crippen molar-refractivity contribution >= 4 is 44.9 Å². The molecule has 146 valence electrons. The molecule has 0 aliphatic rings. The van der Waals surface area contributed by atoms with Crippen molar-refractivity contribution in [2.45, 2.75) is 19.0 Å². The van der Waals surface area contributed by atoms with E-state index in [-0.39, 0.29) is 17.2 Å². The molecule has 0 bridgehead atoms. The number of fused-ring (bicyclic) bond motifs is 1. The van der Waals surface area contributed by atoms with Crippen molar-refractivity contribution < 1.29 is 4.79 Å². The standard InChI is InChI=1S/C22H19N3O2S2/c1-13-8-14(2)10-16(9-13)23-18(26)12-29-22-24-20(27)19-17(11-28-21(19)25-22)15-6-4-3-5-7-15/h3-11H,12H2,1-2H3,(H,23,26)(H,24,25,27). The van der Waals surface area contributed by atoms with Gasteiger partial charge in [-0.1, -0.05) is 48.2 Å². The van der Waals surface area contributed by atoms with Crippen LogP contribution in [0.1, 0.15) is 11.1 Å². The average molecular weight is 422 g/mol. The summed E-state index contributed by atoms with van der Waals surface area (Å²) in [6.45, 7) is 3.98. The van der Waals surface area contributed by atoms with Crippen LogP contribution in [0, 0.1) is 13.8 Å². The van der Waals surface area contributed by atoms with Gasteiger partial charge in [0.25, 0.3) is 5.56 Å². The number of nitrogens with zero attached hydrogens (tertiary/aromatic N) is 1. The summed E-state index contributed by atoms with van der Waals surface area (Å²) < 4.78 is 0. The lowest BCUT2D eigenvalue weighted by molar-refractivity contribution is -0.113. The number of aromatic nitrogens is 2. The number of anilines is 1. The predicted molar refractivity (Wildman–Crippen MR) is 121 cm³/mol. The number of carbonyl (C=O) groups excluding carboxylic acids is 1. The van der Waals surface area contributed by atoms with Crippen LogP contribution in [0.5, 0.6) is 0 Å². The fraction of sp³-hybridized carbons (Fsp3) is 0.136. The molecule has 0 unspecified atom stereocenters. The van der Waals surface area contributed by atoms with Crippen LogP contribution in [0.3, 0.4) is 0 Å². The van der Waals surface area contributed by atoms with Crippen LogP contribution < -0.4 is 10.9 Å². The van der Waals surface area contributed by atoms with E-state index in [1.165, 1.54) is 23.1 Å². The Bertz CT molecular complexity index is 1230. The summed E-state index contributed by atoms with van der Waals surface area (Å²) in [5, 5.41) is 5.87. The first kappa shape index (κ1) is 19.4. The molecule has 5 nitrogen and oxygen atoms in total. The largest absolute Gasteiger partial charge is 0.325 e. The Morgan fingerprint density at radius 2 is 1.86 bits per heavy atom. The summed E-state index contributed by atoms with van der Waals surface area (Å²) in [5.74, 6) is 0.0251. The smallest absolute Gasteiger partial charge is 0.260 e. The molecule has 0 atom stereocenters. The lowest BCUT2D eigenvalue weighted by atomic mass is 10.1. The molecular formula is C22H19N3O2S2. The number of aromatic amines is 1. The van der Waals surface area contributed by atoms with Crippen LogP contribution in [0.25, 0.3) is 21.3 Å². The maximum Gasteiger partial charge on any atom is 0.260 e. The highest BCUT2D eigenvalue weighted by Crippen LogP contribution is 2.31. The summed E-state index contributed by atoms with van der Waals surface area (Å²) in [6.07, 6.45) is 0. The van der Waals surface area contributed by atoms with E-state index < -0.39 is 0 Å². The molecular weight excluding hydrogens is 402 g/mol. The van der Waals surface area contributed by atoms with E-state index in [0.717, 1.165) is 27.9 Å². The van der Waals surface area contributed by atoms with Gasteiger partial charge in [-0.15, -0.1) is 11.3 Å². The van der Waals surface area contributed by atoms with Crippen LogP contribution in [-0.4, -0.2) is 21.6 Å². The molecule has 2 aromatic heterocycles. The first-order valence-corrected chi connectivity index (χ1v) is 10.9.